The average Bonchev–Trinajstić information content (AvgIpc) is 2.67. The fraction of sp³-hybridized carbons (Fsp3) is 0.364. The number of amides is 1. The third-order valence-corrected chi connectivity index (χ3v) is 5.89. The second-order valence-corrected chi connectivity index (χ2v) is 8.87. The largest absolute Gasteiger partial charge is 0.462 e. The van der Waals surface area contributed by atoms with Gasteiger partial charge in [0.15, 0.2) is 0 Å². The van der Waals surface area contributed by atoms with Gasteiger partial charge in [0.05, 0.1) is 24.1 Å². The Bertz CT molecular complexity index is 1020. The zero-order valence-electron chi connectivity index (χ0n) is 17.9. The Labute approximate surface area is 178 Å². The van der Waals surface area contributed by atoms with Crippen LogP contribution in [0.1, 0.15) is 41.8 Å². The minimum Gasteiger partial charge on any atom is -0.462 e. The number of nitrogens with one attached hydrogen (secondary N) is 1. The zero-order chi connectivity index (χ0) is 22.5. The highest BCUT2D eigenvalue weighted by Gasteiger charge is 2.32. The minimum absolute atomic E-state index is 0.243. The first kappa shape index (κ1) is 23.4. The summed E-state index contributed by atoms with van der Waals surface area (Å²) in [6.07, 6.45) is 1.35. The number of anilines is 2. The van der Waals surface area contributed by atoms with Crippen molar-refractivity contribution in [3.05, 3.63) is 59.2 Å². The van der Waals surface area contributed by atoms with Crippen molar-refractivity contribution in [2.75, 3.05) is 22.5 Å². The van der Waals surface area contributed by atoms with E-state index >= 15 is 0 Å². The molecule has 0 fully saturated rings. The van der Waals surface area contributed by atoms with Crippen LogP contribution in [0.15, 0.2) is 42.5 Å². The molecule has 1 amide bonds. The van der Waals surface area contributed by atoms with E-state index in [1.165, 1.54) is 0 Å². The minimum atomic E-state index is -3.72. The number of sulfonamides is 1. The van der Waals surface area contributed by atoms with Crippen molar-refractivity contribution >= 4 is 33.3 Å². The van der Waals surface area contributed by atoms with Gasteiger partial charge in [0.25, 0.3) is 0 Å². The van der Waals surface area contributed by atoms with Crippen molar-refractivity contribution < 1.29 is 22.7 Å². The highest BCUT2D eigenvalue weighted by molar-refractivity contribution is 7.92. The van der Waals surface area contributed by atoms with Gasteiger partial charge in [-0.25, -0.2) is 13.2 Å². The molecule has 7 nitrogen and oxygen atoms in total. The van der Waals surface area contributed by atoms with Crippen molar-refractivity contribution in [1.29, 1.82) is 0 Å². The summed E-state index contributed by atoms with van der Waals surface area (Å²) >= 11 is 0. The number of carbonyl (C=O) groups is 2. The van der Waals surface area contributed by atoms with Gasteiger partial charge in [0, 0.05) is 5.69 Å². The van der Waals surface area contributed by atoms with Crippen LogP contribution in [0.25, 0.3) is 0 Å². The van der Waals surface area contributed by atoms with Gasteiger partial charge in [0.1, 0.15) is 6.04 Å². The Morgan fingerprint density at radius 3 is 2.23 bits per heavy atom. The van der Waals surface area contributed by atoms with Crippen LogP contribution >= 0.6 is 0 Å². The van der Waals surface area contributed by atoms with Crippen LogP contribution in [0, 0.1) is 13.8 Å². The summed E-state index contributed by atoms with van der Waals surface area (Å²) < 4.78 is 31.3. The van der Waals surface area contributed by atoms with E-state index in [1.54, 1.807) is 63.2 Å². The number of hydrogen-bond donors (Lipinski definition) is 1. The third-order valence-electron chi connectivity index (χ3n) is 4.71. The molecule has 0 spiro atoms. The lowest BCUT2D eigenvalue weighted by Gasteiger charge is -2.30. The first-order valence-corrected chi connectivity index (χ1v) is 11.6. The lowest BCUT2D eigenvalue weighted by molar-refractivity contribution is -0.117. The number of esters is 1. The van der Waals surface area contributed by atoms with E-state index in [1.807, 2.05) is 6.92 Å². The van der Waals surface area contributed by atoms with Crippen molar-refractivity contribution in [1.82, 2.24) is 0 Å². The number of hydrogen-bond acceptors (Lipinski definition) is 5. The smallest absolute Gasteiger partial charge is 0.338 e. The number of carbonyl (C=O) groups excluding carboxylic acids is 2. The molecule has 1 N–H and O–H groups in total. The van der Waals surface area contributed by atoms with E-state index in [2.05, 4.69) is 5.32 Å². The normalized spacial score (nSPS) is 12.2. The molecule has 0 saturated heterocycles. The predicted octanol–water partition coefficient (Wildman–Crippen LogP) is 3.66. The van der Waals surface area contributed by atoms with E-state index in [4.69, 9.17) is 4.74 Å². The first-order valence-electron chi connectivity index (χ1n) is 9.73. The maximum atomic E-state index is 13.1. The van der Waals surface area contributed by atoms with Crippen LogP contribution in [0.4, 0.5) is 11.4 Å². The molecule has 2 rings (SSSR count). The Kier molecular flexibility index (Phi) is 7.61. The molecule has 0 radical (unpaired) electrons. The summed E-state index contributed by atoms with van der Waals surface area (Å²) in [6, 6.07) is 10.9. The lowest BCUT2D eigenvalue weighted by atomic mass is 10.1. The molecule has 1 unspecified atom stereocenters. The molecule has 30 heavy (non-hydrogen) atoms. The van der Waals surface area contributed by atoms with Crippen molar-refractivity contribution in [3.8, 4) is 0 Å². The molecule has 0 bridgehead atoms. The van der Waals surface area contributed by atoms with Gasteiger partial charge in [-0.1, -0.05) is 30.7 Å². The van der Waals surface area contributed by atoms with Crippen LogP contribution < -0.4 is 9.62 Å². The predicted molar refractivity (Wildman–Crippen MR) is 118 cm³/mol. The molecule has 0 aliphatic rings. The zero-order valence-corrected chi connectivity index (χ0v) is 18.7. The molecular formula is C22H28N2O5S. The molecule has 162 valence electrons. The third kappa shape index (κ3) is 5.38. The van der Waals surface area contributed by atoms with Gasteiger partial charge in [-0.3, -0.25) is 9.10 Å². The first-order chi connectivity index (χ1) is 14.1. The van der Waals surface area contributed by atoms with Gasteiger partial charge in [-0.2, -0.15) is 0 Å². The fourth-order valence-electron chi connectivity index (χ4n) is 3.17. The summed E-state index contributed by atoms with van der Waals surface area (Å²) in [6.45, 7) is 7.32. The molecule has 0 saturated carbocycles. The standard InChI is InChI=1S/C22H28N2O5S/c1-6-20(24(30(5,27)28)17-13-11-15(3)12-14-17)21(25)23-19-10-8-9-18(16(19)4)22(26)29-7-2/h8-14,20H,6-7H2,1-5H3,(H,23,25). The maximum absolute atomic E-state index is 13.1. The number of rotatable bonds is 8. The quantitative estimate of drug-likeness (QED) is 0.643. The number of ether oxygens (including phenoxy) is 1. The van der Waals surface area contributed by atoms with Gasteiger partial charge in [-0.15, -0.1) is 0 Å². The molecule has 0 aliphatic heterocycles. The molecular weight excluding hydrogens is 404 g/mol. The van der Waals surface area contributed by atoms with Gasteiger partial charge >= 0.3 is 5.97 Å². The van der Waals surface area contributed by atoms with Gasteiger partial charge in [-0.05, 0) is 57.0 Å². The molecule has 2 aromatic rings. The van der Waals surface area contributed by atoms with E-state index in [0.29, 0.717) is 22.5 Å². The topological polar surface area (TPSA) is 92.8 Å². The summed E-state index contributed by atoms with van der Waals surface area (Å²) in [4.78, 5) is 25.2. The molecule has 2 aromatic carbocycles. The van der Waals surface area contributed by atoms with Gasteiger partial charge in [0.2, 0.25) is 15.9 Å². The summed E-state index contributed by atoms with van der Waals surface area (Å²) in [7, 11) is -3.72. The monoisotopic (exact) mass is 432 g/mol. The highest BCUT2D eigenvalue weighted by atomic mass is 32.2. The molecule has 0 aliphatic carbocycles. The number of aryl methyl sites for hydroxylation is 1. The second-order valence-electron chi connectivity index (χ2n) is 7.01. The van der Waals surface area contributed by atoms with Crippen LogP contribution in [0.2, 0.25) is 0 Å². The Morgan fingerprint density at radius 1 is 1.07 bits per heavy atom. The molecule has 0 heterocycles. The Hall–Kier alpha value is -2.87. The van der Waals surface area contributed by atoms with Gasteiger partial charge < -0.3 is 10.1 Å². The summed E-state index contributed by atoms with van der Waals surface area (Å²) in [5.74, 6) is -0.955. The van der Waals surface area contributed by atoms with Crippen molar-refractivity contribution in [2.45, 2.75) is 40.2 Å². The molecule has 0 aromatic heterocycles. The average molecular weight is 433 g/mol. The SMILES string of the molecule is CCOC(=O)c1cccc(NC(=O)C(CC)N(c2ccc(C)cc2)S(C)(=O)=O)c1C. The molecule has 8 heteroatoms. The van der Waals surface area contributed by atoms with Crippen molar-refractivity contribution in [2.24, 2.45) is 0 Å². The van der Waals surface area contributed by atoms with E-state index in [9.17, 15) is 18.0 Å². The highest BCUT2D eigenvalue weighted by Crippen LogP contribution is 2.25. The van der Waals surface area contributed by atoms with E-state index < -0.39 is 27.9 Å². The second kappa shape index (κ2) is 9.75. The fourth-order valence-corrected chi connectivity index (χ4v) is 4.38. The van der Waals surface area contributed by atoms with Crippen LogP contribution in [-0.2, 0) is 19.6 Å². The molecule has 1 atom stereocenters. The van der Waals surface area contributed by atoms with E-state index in [0.717, 1.165) is 16.1 Å². The van der Waals surface area contributed by atoms with Crippen LogP contribution in [0.3, 0.4) is 0 Å². The maximum Gasteiger partial charge on any atom is 0.338 e. The Morgan fingerprint density at radius 2 is 1.70 bits per heavy atom. The van der Waals surface area contributed by atoms with Crippen LogP contribution in [0.5, 0.6) is 0 Å². The number of benzene rings is 2. The van der Waals surface area contributed by atoms with E-state index in [-0.39, 0.29) is 13.0 Å². The van der Waals surface area contributed by atoms with Crippen LogP contribution in [-0.4, -0.2) is 39.2 Å². The summed E-state index contributed by atoms with van der Waals surface area (Å²) in [5, 5.41) is 2.78. The summed E-state index contributed by atoms with van der Waals surface area (Å²) in [5.41, 5.74) is 2.74. The Balaban J connectivity index is 2.38. The lowest BCUT2D eigenvalue weighted by Crippen LogP contribution is -2.47. The van der Waals surface area contributed by atoms with Crippen molar-refractivity contribution in [3.63, 3.8) is 0 Å². The number of nitrogens with zero attached hydrogens (tertiary/aromatic N) is 1.